The number of ether oxygens (including phenoxy) is 4. The van der Waals surface area contributed by atoms with E-state index in [9.17, 15) is 19.2 Å². The summed E-state index contributed by atoms with van der Waals surface area (Å²) in [5, 5.41) is 10.4. The largest absolute Gasteiger partial charge is 0.483 e. The van der Waals surface area contributed by atoms with Crippen LogP contribution in [0.15, 0.2) is 53.4 Å². The molecule has 2 aromatic carbocycles. The number of aromatic nitrogens is 2. The topological polar surface area (TPSA) is 177 Å². The molecule has 4 aromatic rings. The number of hydrogen-bond donors (Lipinski definition) is 2. The molecule has 8 heterocycles. The number of amidine groups is 2. The van der Waals surface area contributed by atoms with Crippen LogP contribution in [0.1, 0.15) is 74.8 Å². The highest BCUT2D eigenvalue weighted by Crippen LogP contribution is 2.45. The van der Waals surface area contributed by atoms with Crippen LogP contribution in [0.2, 0.25) is 0 Å². The Morgan fingerprint density at radius 3 is 1.58 bits per heavy atom. The molecular weight excluding hydrogens is 947 g/mol. The number of benzene rings is 2. The molecule has 2 N–H and O–H groups in total. The second kappa shape index (κ2) is 15.3. The number of rotatable bonds is 3. The van der Waals surface area contributed by atoms with Crippen molar-refractivity contribution in [1.29, 1.82) is 0 Å². The molecule has 344 valence electrons. The monoisotopic (exact) mass is 1000 g/mol. The van der Waals surface area contributed by atoms with Crippen LogP contribution in [0.5, 0.6) is 11.5 Å². The van der Waals surface area contributed by atoms with Gasteiger partial charge in [0.2, 0.25) is 0 Å². The number of carbonyl (C=O) groups excluding carboxylic acids is 4. The smallest absolute Gasteiger partial charge is 0.410 e. The van der Waals surface area contributed by atoms with E-state index >= 15 is 0 Å². The Morgan fingerprint density at radius 2 is 1.15 bits per heavy atom. The van der Waals surface area contributed by atoms with E-state index < -0.39 is 17.2 Å². The van der Waals surface area contributed by atoms with Crippen molar-refractivity contribution in [1.82, 2.24) is 29.8 Å². The van der Waals surface area contributed by atoms with Crippen LogP contribution in [-0.2, 0) is 30.1 Å². The summed E-state index contributed by atoms with van der Waals surface area (Å²) in [6.07, 6.45) is 5.41. The first kappa shape index (κ1) is 44.2. The van der Waals surface area contributed by atoms with Crippen LogP contribution in [0.3, 0.4) is 0 Å². The van der Waals surface area contributed by atoms with E-state index in [0.29, 0.717) is 50.2 Å². The number of amides is 4. The van der Waals surface area contributed by atoms with Crippen molar-refractivity contribution < 1.29 is 38.1 Å². The molecule has 0 saturated carbocycles. The summed E-state index contributed by atoms with van der Waals surface area (Å²) >= 11 is 2.33. The number of carbonyl (C=O) groups is 4. The lowest BCUT2D eigenvalue weighted by Crippen LogP contribution is -2.63. The number of likely N-dealkylation sites (tertiary alicyclic amines) is 2. The number of halogens is 1. The fraction of sp³-hybridized carbons (Fsp3) is 0.478. The van der Waals surface area contributed by atoms with Crippen LogP contribution in [-0.4, -0.2) is 117 Å². The summed E-state index contributed by atoms with van der Waals surface area (Å²) < 4.78 is 28.5. The summed E-state index contributed by atoms with van der Waals surface area (Å²) in [6, 6.07) is 7.36. The molecule has 18 nitrogen and oxygen atoms in total. The second-order valence-corrected chi connectivity index (χ2v) is 21.2. The fourth-order valence-electron chi connectivity index (χ4n) is 9.30. The third-order valence-electron chi connectivity index (χ3n) is 12.5. The van der Waals surface area contributed by atoms with Gasteiger partial charge in [0.15, 0.2) is 11.7 Å². The van der Waals surface area contributed by atoms with Crippen molar-refractivity contribution in [2.24, 2.45) is 10.2 Å². The lowest BCUT2D eigenvalue weighted by molar-refractivity contribution is -0.123. The minimum atomic E-state index is -0.533. The van der Waals surface area contributed by atoms with Crippen molar-refractivity contribution >= 4 is 97.5 Å². The van der Waals surface area contributed by atoms with Gasteiger partial charge in [0.25, 0.3) is 11.8 Å². The Balaban J connectivity index is 0.000000164. The van der Waals surface area contributed by atoms with Gasteiger partial charge in [-0.3, -0.25) is 9.59 Å². The quantitative estimate of drug-likeness (QED) is 0.215. The maximum absolute atomic E-state index is 12.5. The molecule has 10 rings (SSSR count). The second-order valence-electron chi connectivity index (χ2n) is 20.0. The molecular formula is C46H55IN10O8. The molecule has 0 spiro atoms. The number of hydrogen-bond acceptors (Lipinski definition) is 12. The molecule has 2 fully saturated rings. The van der Waals surface area contributed by atoms with Gasteiger partial charge in [-0.25, -0.2) is 20.4 Å². The van der Waals surface area contributed by atoms with E-state index in [2.05, 4.69) is 91.7 Å². The third-order valence-corrected chi connectivity index (χ3v) is 13.3. The molecule has 2 aromatic heterocycles. The minimum absolute atomic E-state index is 0.148. The van der Waals surface area contributed by atoms with Crippen molar-refractivity contribution in [3.8, 4) is 11.5 Å². The third kappa shape index (κ3) is 7.67. The SMILES string of the molecule is C=Cc1cn(C2(C)CN(C(=O)OC(C)(C)C)C2)c2cc3c(cc12)OCC1=NNC(=O)[C@@H](C)N13.C[C@@H]1C(=O)NN=C2COc3cc4c(I)cn(C5(C)CN(C(=O)OC(C)(C)C)C5)c4cc3N21. The maximum Gasteiger partial charge on any atom is 0.410 e. The van der Waals surface area contributed by atoms with Crippen molar-refractivity contribution in [3.63, 3.8) is 0 Å². The first-order valence-electron chi connectivity index (χ1n) is 21.7. The summed E-state index contributed by atoms with van der Waals surface area (Å²) in [7, 11) is 0. The zero-order valence-electron chi connectivity index (χ0n) is 38.4. The molecule has 4 amide bonds. The Bertz CT molecular complexity index is 2770. The normalized spacial score (nSPS) is 21.5. The van der Waals surface area contributed by atoms with Gasteiger partial charge in [0.1, 0.15) is 48.0 Å². The predicted molar refractivity (Wildman–Crippen MR) is 256 cm³/mol. The van der Waals surface area contributed by atoms with Crippen molar-refractivity contribution in [2.45, 2.75) is 104 Å². The van der Waals surface area contributed by atoms with Crippen LogP contribution in [0.4, 0.5) is 21.0 Å². The number of anilines is 2. The Kier molecular flexibility index (Phi) is 10.4. The zero-order chi connectivity index (χ0) is 46.7. The maximum atomic E-state index is 12.5. The Labute approximate surface area is 390 Å². The molecule has 0 unspecified atom stereocenters. The Morgan fingerprint density at radius 1 is 0.738 bits per heavy atom. The molecule has 2 saturated heterocycles. The molecule has 65 heavy (non-hydrogen) atoms. The summed E-state index contributed by atoms with van der Waals surface area (Å²) in [5.74, 6) is 2.49. The van der Waals surface area contributed by atoms with Gasteiger partial charge in [-0.05, 0) is 122 Å². The number of nitrogens with zero attached hydrogens (tertiary/aromatic N) is 8. The highest BCUT2D eigenvalue weighted by Gasteiger charge is 2.47. The van der Waals surface area contributed by atoms with Gasteiger partial charge in [-0.2, -0.15) is 10.2 Å². The van der Waals surface area contributed by atoms with Gasteiger partial charge in [-0.1, -0.05) is 12.7 Å². The average molecular weight is 1000 g/mol. The van der Waals surface area contributed by atoms with Crippen molar-refractivity contribution in [2.75, 3.05) is 49.2 Å². The van der Waals surface area contributed by atoms with Crippen molar-refractivity contribution in [3.05, 3.63) is 52.4 Å². The fourth-order valence-corrected chi connectivity index (χ4v) is 10.0. The number of nitrogens with one attached hydrogen (secondary N) is 2. The zero-order valence-corrected chi connectivity index (χ0v) is 40.5. The number of hydrazone groups is 2. The first-order valence-corrected chi connectivity index (χ1v) is 22.8. The van der Waals surface area contributed by atoms with Gasteiger partial charge < -0.3 is 47.7 Å². The van der Waals surface area contributed by atoms with Crippen LogP contribution >= 0.6 is 22.6 Å². The molecule has 6 aliphatic rings. The van der Waals surface area contributed by atoms with E-state index in [1.165, 1.54) is 0 Å². The van der Waals surface area contributed by atoms with Gasteiger partial charge in [-0.15, -0.1) is 0 Å². The van der Waals surface area contributed by atoms with E-state index in [0.717, 1.165) is 48.1 Å². The lowest BCUT2D eigenvalue weighted by atomic mass is 9.92. The standard InChI is InChI=1S/C24H29N5O4.C22H26IN5O4/c1-7-15-10-28(24(6)12-27(13-24)22(31)33-23(3,4)5)17-9-18-19(8-16(15)17)32-11-20-25-26-21(30)14(2)29(18)20;1-12-19(29)25-24-18-9-31-17-6-13-14(23)8-27(15(13)7-16(17)28(12)18)22(5)10-26(11-22)20(30)32-21(2,3)4/h7-10,14H,1,11-13H2,2-6H3,(H,26,30);6-8,12H,9-11H2,1-5H3,(H,25,29)/t14-;12-/m11/s1. The molecule has 2 atom stereocenters. The van der Waals surface area contributed by atoms with E-state index in [4.69, 9.17) is 18.9 Å². The van der Waals surface area contributed by atoms with Gasteiger partial charge in [0, 0.05) is 52.9 Å². The molecule has 0 aliphatic carbocycles. The summed E-state index contributed by atoms with van der Waals surface area (Å²) in [5.41, 5.74) is 8.13. The van der Waals surface area contributed by atoms with Gasteiger partial charge >= 0.3 is 12.2 Å². The molecule has 6 aliphatic heterocycles. The highest BCUT2D eigenvalue weighted by molar-refractivity contribution is 14.1. The van der Waals surface area contributed by atoms with E-state index in [1.807, 2.05) is 89.5 Å². The average Bonchev–Trinajstić information content (AvgIpc) is 3.74. The predicted octanol–water partition coefficient (Wildman–Crippen LogP) is 6.52. The number of fused-ring (bicyclic) bond motifs is 8. The summed E-state index contributed by atoms with van der Waals surface area (Å²) in [4.78, 5) is 56.8. The minimum Gasteiger partial charge on any atom is -0.483 e. The van der Waals surface area contributed by atoms with E-state index in [-0.39, 0.29) is 47.7 Å². The summed E-state index contributed by atoms with van der Waals surface area (Å²) in [6.45, 7) is 26.0. The van der Waals surface area contributed by atoms with Crippen LogP contribution in [0.25, 0.3) is 27.9 Å². The Hall–Kier alpha value is -5.99. The van der Waals surface area contributed by atoms with E-state index in [1.54, 1.807) is 9.80 Å². The van der Waals surface area contributed by atoms with Crippen LogP contribution in [0, 0.1) is 3.57 Å². The highest BCUT2D eigenvalue weighted by atomic mass is 127. The molecule has 19 heteroatoms. The van der Waals surface area contributed by atoms with Gasteiger partial charge in [0.05, 0.1) is 33.5 Å². The first-order chi connectivity index (χ1) is 30.5. The lowest BCUT2D eigenvalue weighted by Gasteiger charge is -2.49. The van der Waals surface area contributed by atoms with Crippen LogP contribution < -0.4 is 30.1 Å². The molecule has 0 bridgehead atoms. The molecule has 0 radical (unpaired) electrons.